The largest absolute Gasteiger partial charge is 0.481 e. The molecule has 2 aliphatic rings. The van der Waals surface area contributed by atoms with Crippen LogP contribution >= 0.6 is 0 Å². The van der Waals surface area contributed by atoms with Crippen LogP contribution in [0.2, 0.25) is 0 Å². The lowest BCUT2D eigenvalue weighted by Gasteiger charge is -2.26. The molecule has 1 unspecified atom stereocenters. The van der Waals surface area contributed by atoms with Crippen molar-refractivity contribution in [3.05, 3.63) is 0 Å². The van der Waals surface area contributed by atoms with E-state index in [2.05, 4.69) is 18.7 Å². The van der Waals surface area contributed by atoms with Gasteiger partial charge in [0.1, 0.15) is 0 Å². The van der Waals surface area contributed by atoms with Crippen LogP contribution in [0.25, 0.3) is 0 Å². The maximum absolute atomic E-state index is 10.6. The first-order valence-electron chi connectivity index (χ1n) is 6.60. The fourth-order valence-corrected chi connectivity index (χ4v) is 2.57. The number of carboxylic acid groups (broad SMARTS) is 1. The van der Waals surface area contributed by atoms with Gasteiger partial charge in [-0.3, -0.25) is 9.69 Å². The zero-order valence-corrected chi connectivity index (χ0v) is 10.8. The zero-order chi connectivity index (χ0) is 12.5. The molecule has 4 heteroatoms. The van der Waals surface area contributed by atoms with Crippen LogP contribution in [0.1, 0.15) is 46.0 Å². The summed E-state index contributed by atoms with van der Waals surface area (Å²) in [6, 6.07) is 0.613. The van der Waals surface area contributed by atoms with E-state index in [0.717, 1.165) is 19.4 Å². The smallest absolute Gasteiger partial charge is 0.304 e. The molecule has 1 heterocycles. The zero-order valence-electron chi connectivity index (χ0n) is 10.8. The Labute approximate surface area is 103 Å². The molecule has 4 nitrogen and oxygen atoms in total. The molecule has 2 fully saturated rings. The molecule has 1 N–H and O–H groups in total. The van der Waals surface area contributed by atoms with Gasteiger partial charge in [-0.15, -0.1) is 0 Å². The van der Waals surface area contributed by atoms with Crippen molar-refractivity contribution in [2.75, 3.05) is 13.1 Å². The summed E-state index contributed by atoms with van der Waals surface area (Å²) in [5.41, 5.74) is 0.00663. The molecule has 17 heavy (non-hydrogen) atoms. The van der Waals surface area contributed by atoms with Crippen LogP contribution in [-0.2, 0) is 9.53 Å². The van der Waals surface area contributed by atoms with E-state index in [4.69, 9.17) is 9.84 Å². The van der Waals surface area contributed by atoms with Crippen LogP contribution in [0.5, 0.6) is 0 Å². The quantitative estimate of drug-likeness (QED) is 0.771. The van der Waals surface area contributed by atoms with E-state index in [1.54, 1.807) is 0 Å². The first-order chi connectivity index (χ1) is 7.96. The van der Waals surface area contributed by atoms with Gasteiger partial charge < -0.3 is 9.84 Å². The molecule has 1 aliphatic carbocycles. The molecule has 1 saturated carbocycles. The predicted molar refractivity (Wildman–Crippen MR) is 65.0 cm³/mol. The molecule has 2 rings (SSSR count). The number of aliphatic carboxylic acids is 1. The Bertz CT molecular complexity index is 286. The van der Waals surface area contributed by atoms with Crippen molar-refractivity contribution in [3.8, 4) is 0 Å². The highest BCUT2D eigenvalue weighted by Crippen LogP contribution is 2.33. The second kappa shape index (κ2) is 4.94. The van der Waals surface area contributed by atoms with Gasteiger partial charge in [0.2, 0.25) is 0 Å². The Hall–Kier alpha value is -0.610. The summed E-state index contributed by atoms with van der Waals surface area (Å²) in [5, 5.41) is 8.75. The van der Waals surface area contributed by atoms with Crippen molar-refractivity contribution in [1.29, 1.82) is 0 Å². The SMILES string of the molecule is CC1(C)CCC(CN(CCC(=O)O)C2CC2)O1. The minimum Gasteiger partial charge on any atom is -0.481 e. The van der Waals surface area contributed by atoms with Crippen molar-refractivity contribution in [2.45, 2.75) is 63.7 Å². The second-order valence-corrected chi connectivity index (χ2v) is 5.91. The molecule has 1 atom stereocenters. The lowest BCUT2D eigenvalue weighted by atomic mass is 10.1. The van der Waals surface area contributed by atoms with Gasteiger partial charge in [0.15, 0.2) is 0 Å². The summed E-state index contributed by atoms with van der Waals surface area (Å²) in [7, 11) is 0. The van der Waals surface area contributed by atoms with Gasteiger partial charge in [0.25, 0.3) is 0 Å². The van der Waals surface area contributed by atoms with Crippen LogP contribution < -0.4 is 0 Å². The summed E-state index contributed by atoms with van der Waals surface area (Å²) < 4.78 is 5.97. The molecular weight excluding hydrogens is 218 g/mol. The summed E-state index contributed by atoms with van der Waals surface area (Å²) in [5.74, 6) is -0.705. The van der Waals surface area contributed by atoms with Crippen LogP contribution in [0.3, 0.4) is 0 Å². The molecular formula is C13H23NO3. The number of carbonyl (C=O) groups is 1. The molecule has 0 aromatic carbocycles. The van der Waals surface area contributed by atoms with Crippen molar-refractivity contribution in [1.82, 2.24) is 4.90 Å². The van der Waals surface area contributed by atoms with E-state index in [-0.39, 0.29) is 12.0 Å². The number of hydrogen-bond donors (Lipinski definition) is 1. The van der Waals surface area contributed by atoms with Gasteiger partial charge in [0.05, 0.1) is 18.1 Å². The maximum Gasteiger partial charge on any atom is 0.304 e. The Kier molecular flexibility index (Phi) is 3.73. The number of ether oxygens (including phenoxy) is 1. The Morgan fingerprint density at radius 1 is 1.41 bits per heavy atom. The summed E-state index contributed by atoms with van der Waals surface area (Å²) >= 11 is 0. The van der Waals surface area contributed by atoms with Crippen LogP contribution in [0.15, 0.2) is 0 Å². The number of nitrogens with zero attached hydrogens (tertiary/aromatic N) is 1. The molecule has 0 bridgehead atoms. The molecule has 98 valence electrons. The van der Waals surface area contributed by atoms with Crippen molar-refractivity contribution >= 4 is 5.97 Å². The third-order valence-electron chi connectivity index (χ3n) is 3.67. The number of carboxylic acids is 1. The first kappa shape index (κ1) is 12.8. The predicted octanol–water partition coefficient (Wildman–Crippen LogP) is 1.88. The highest BCUT2D eigenvalue weighted by atomic mass is 16.5. The Balaban J connectivity index is 1.79. The third-order valence-corrected chi connectivity index (χ3v) is 3.67. The van der Waals surface area contributed by atoms with E-state index in [1.165, 1.54) is 12.8 Å². The monoisotopic (exact) mass is 241 g/mol. The Morgan fingerprint density at radius 2 is 2.12 bits per heavy atom. The van der Waals surface area contributed by atoms with Gasteiger partial charge >= 0.3 is 5.97 Å². The maximum atomic E-state index is 10.6. The number of rotatable bonds is 6. The van der Waals surface area contributed by atoms with Crippen LogP contribution in [-0.4, -0.2) is 46.8 Å². The van der Waals surface area contributed by atoms with Crippen molar-refractivity contribution < 1.29 is 14.6 Å². The average molecular weight is 241 g/mol. The van der Waals surface area contributed by atoms with Gasteiger partial charge in [-0.1, -0.05) is 0 Å². The van der Waals surface area contributed by atoms with Gasteiger partial charge in [-0.25, -0.2) is 0 Å². The minimum absolute atomic E-state index is 0.00663. The molecule has 0 amide bonds. The highest BCUT2D eigenvalue weighted by Gasteiger charge is 2.36. The van der Waals surface area contributed by atoms with E-state index in [9.17, 15) is 4.79 Å². The summed E-state index contributed by atoms with van der Waals surface area (Å²) in [4.78, 5) is 12.9. The summed E-state index contributed by atoms with van der Waals surface area (Å²) in [6.07, 6.45) is 5.18. The Morgan fingerprint density at radius 3 is 2.59 bits per heavy atom. The minimum atomic E-state index is -0.705. The molecule has 1 aliphatic heterocycles. The fraction of sp³-hybridized carbons (Fsp3) is 0.923. The second-order valence-electron chi connectivity index (χ2n) is 5.91. The molecule has 0 spiro atoms. The highest BCUT2D eigenvalue weighted by molar-refractivity contribution is 5.66. The average Bonchev–Trinajstić information content (AvgIpc) is 2.99. The molecule has 0 radical (unpaired) electrons. The van der Waals surface area contributed by atoms with E-state index in [0.29, 0.717) is 18.7 Å². The standard InChI is InChI=1S/C13H23NO3/c1-13(2)7-5-11(17-13)9-14(10-3-4-10)8-6-12(15)16/h10-11H,3-9H2,1-2H3,(H,15,16). The van der Waals surface area contributed by atoms with Gasteiger partial charge in [0, 0.05) is 19.1 Å². The molecule has 1 saturated heterocycles. The third kappa shape index (κ3) is 3.96. The van der Waals surface area contributed by atoms with Crippen molar-refractivity contribution in [2.24, 2.45) is 0 Å². The van der Waals surface area contributed by atoms with Gasteiger partial charge in [-0.05, 0) is 39.5 Å². The fourth-order valence-electron chi connectivity index (χ4n) is 2.57. The van der Waals surface area contributed by atoms with Crippen LogP contribution in [0, 0.1) is 0 Å². The van der Waals surface area contributed by atoms with Crippen LogP contribution in [0.4, 0.5) is 0 Å². The molecule has 0 aromatic heterocycles. The lowest BCUT2D eigenvalue weighted by molar-refractivity contribution is -0.137. The lowest BCUT2D eigenvalue weighted by Crippen LogP contribution is -2.36. The molecule has 0 aromatic rings. The van der Waals surface area contributed by atoms with E-state index < -0.39 is 5.97 Å². The van der Waals surface area contributed by atoms with E-state index >= 15 is 0 Å². The summed E-state index contributed by atoms with van der Waals surface area (Å²) in [6.45, 7) is 5.83. The number of hydrogen-bond acceptors (Lipinski definition) is 3. The topological polar surface area (TPSA) is 49.8 Å². The normalized spacial score (nSPS) is 27.6. The first-order valence-corrected chi connectivity index (χ1v) is 6.60. The van der Waals surface area contributed by atoms with Gasteiger partial charge in [-0.2, -0.15) is 0 Å². The van der Waals surface area contributed by atoms with Crippen molar-refractivity contribution in [3.63, 3.8) is 0 Å². The van der Waals surface area contributed by atoms with E-state index in [1.807, 2.05) is 0 Å².